The lowest BCUT2D eigenvalue weighted by atomic mass is 10.1. The first-order chi connectivity index (χ1) is 10.6. The van der Waals surface area contributed by atoms with Crippen molar-refractivity contribution in [1.29, 1.82) is 0 Å². The number of likely N-dealkylation sites (N-methyl/N-ethyl adjacent to an activating group) is 1. The van der Waals surface area contributed by atoms with E-state index in [1.165, 1.54) is 10.4 Å². The summed E-state index contributed by atoms with van der Waals surface area (Å²) in [5, 5.41) is 4.20. The van der Waals surface area contributed by atoms with Crippen molar-refractivity contribution in [2.24, 2.45) is 0 Å². The van der Waals surface area contributed by atoms with Crippen LogP contribution in [0.15, 0.2) is 30.5 Å². The lowest BCUT2D eigenvalue weighted by Gasteiger charge is -2.25. The summed E-state index contributed by atoms with van der Waals surface area (Å²) in [5.74, 6) is 0.0998. The molecule has 0 fully saturated rings. The maximum Gasteiger partial charge on any atom is 0.241 e. The standard InChI is InChI=1S/C17H21N3OS/c1-12-11-18-16(22-12)9-10-20(2)15-8-7-13-5-3-4-6-14(13)19-17(15)21/h3-6,11,15H,7-10H2,1-2H3,(H,19,21). The molecule has 2 heterocycles. The molecule has 1 atom stereocenters. The average Bonchev–Trinajstić information content (AvgIpc) is 2.84. The molecule has 0 bridgehead atoms. The highest BCUT2D eigenvalue weighted by Gasteiger charge is 2.26. The second-order valence-electron chi connectivity index (χ2n) is 5.80. The van der Waals surface area contributed by atoms with Gasteiger partial charge < -0.3 is 5.32 Å². The highest BCUT2D eigenvalue weighted by Crippen LogP contribution is 2.23. The van der Waals surface area contributed by atoms with Crippen LogP contribution in [-0.4, -0.2) is 35.4 Å². The Kier molecular flexibility index (Phi) is 4.55. The number of fused-ring (bicyclic) bond motifs is 1. The van der Waals surface area contributed by atoms with Crippen LogP contribution in [0.4, 0.5) is 5.69 Å². The van der Waals surface area contributed by atoms with Crippen molar-refractivity contribution in [1.82, 2.24) is 9.88 Å². The van der Waals surface area contributed by atoms with Gasteiger partial charge in [0.05, 0.1) is 11.0 Å². The van der Waals surface area contributed by atoms with Gasteiger partial charge in [-0.25, -0.2) is 4.98 Å². The minimum atomic E-state index is -0.0755. The van der Waals surface area contributed by atoms with Crippen LogP contribution >= 0.6 is 11.3 Å². The first kappa shape index (κ1) is 15.2. The lowest BCUT2D eigenvalue weighted by molar-refractivity contribution is -0.120. The summed E-state index contributed by atoms with van der Waals surface area (Å²) in [4.78, 5) is 20.2. The number of hydrogen-bond donors (Lipinski definition) is 1. The predicted octanol–water partition coefficient (Wildman–Crippen LogP) is 2.88. The van der Waals surface area contributed by atoms with E-state index in [1.54, 1.807) is 11.3 Å². The normalized spacial score (nSPS) is 18.0. The Morgan fingerprint density at radius 1 is 1.41 bits per heavy atom. The van der Waals surface area contributed by atoms with Crippen LogP contribution in [0.2, 0.25) is 0 Å². The van der Waals surface area contributed by atoms with E-state index in [9.17, 15) is 4.79 Å². The van der Waals surface area contributed by atoms with Gasteiger partial charge in [0.1, 0.15) is 0 Å². The van der Waals surface area contributed by atoms with Gasteiger partial charge in [-0.3, -0.25) is 9.69 Å². The zero-order chi connectivity index (χ0) is 15.5. The molecule has 1 unspecified atom stereocenters. The Labute approximate surface area is 135 Å². The fraction of sp³-hybridized carbons (Fsp3) is 0.412. The van der Waals surface area contributed by atoms with E-state index in [0.29, 0.717) is 0 Å². The molecule has 2 aromatic rings. The summed E-state index contributed by atoms with van der Waals surface area (Å²) in [6, 6.07) is 7.99. The molecule has 116 valence electrons. The number of nitrogens with zero attached hydrogens (tertiary/aromatic N) is 2. The molecule has 1 aromatic carbocycles. The molecule has 5 heteroatoms. The largest absolute Gasteiger partial charge is 0.324 e. The fourth-order valence-electron chi connectivity index (χ4n) is 2.87. The first-order valence-corrected chi connectivity index (χ1v) is 8.45. The number of aromatic nitrogens is 1. The fourth-order valence-corrected chi connectivity index (χ4v) is 3.64. The van der Waals surface area contributed by atoms with Crippen LogP contribution in [0.5, 0.6) is 0 Å². The number of carbonyl (C=O) groups is 1. The maximum atomic E-state index is 12.5. The molecule has 4 nitrogen and oxygen atoms in total. The molecule has 0 spiro atoms. The molecule has 22 heavy (non-hydrogen) atoms. The summed E-state index contributed by atoms with van der Waals surface area (Å²) in [6.45, 7) is 2.92. The molecule has 1 aromatic heterocycles. The van der Waals surface area contributed by atoms with E-state index < -0.39 is 0 Å². The van der Waals surface area contributed by atoms with Crippen molar-refractivity contribution < 1.29 is 4.79 Å². The average molecular weight is 315 g/mol. The number of amides is 1. The van der Waals surface area contributed by atoms with Crippen LogP contribution in [-0.2, 0) is 17.6 Å². The molecular formula is C17H21N3OS. The van der Waals surface area contributed by atoms with Gasteiger partial charge in [0, 0.05) is 29.7 Å². The molecule has 0 saturated heterocycles. The van der Waals surface area contributed by atoms with Crippen molar-refractivity contribution in [2.45, 2.75) is 32.2 Å². The van der Waals surface area contributed by atoms with Crippen molar-refractivity contribution in [3.05, 3.63) is 45.9 Å². The van der Waals surface area contributed by atoms with Gasteiger partial charge in [-0.2, -0.15) is 0 Å². The SMILES string of the molecule is Cc1cnc(CCN(C)C2CCc3ccccc3NC2=O)s1. The second-order valence-corrected chi connectivity index (χ2v) is 7.12. The van der Waals surface area contributed by atoms with E-state index in [-0.39, 0.29) is 11.9 Å². The Morgan fingerprint density at radius 2 is 2.23 bits per heavy atom. The minimum absolute atomic E-state index is 0.0755. The Hall–Kier alpha value is -1.72. The van der Waals surface area contributed by atoms with Gasteiger partial charge in [-0.05, 0) is 38.4 Å². The Morgan fingerprint density at radius 3 is 3.00 bits per heavy atom. The van der Waals surface area contributed by atoms with Crippen LogP contribution in [0, 0.1) is 6.92 Å². The van der Waals surface area contributed by atoms with Gasteiger partial charge in [-0.15, -0.1) is 11.3 Å². The van der Waals surface area contributed by atoms with Gasteiger partial charge in [-0.1, -0.05) is 18.2 Å². The Bertz CT molecular complexity index is 667. The number of para-hydroxylation sites is 1. The number of anilines is 1. The van der Waals surface area contributed by atoms with Crippen LogP contribution in [0.1, 0.15) is 21.9 Å². The number of thiazole rings is 1. The highest BCUT2D eigenvalue weighted by atomic mass is 32.1. The summed E-state index contributed by atoms with van der Waals surface area (Å²) in [6.07, 6.45) is 4.59. The number of carbonyl (C=O) groups excluding carboxylic acids is 1. The van der Waals surface area contributed by atoms with Crippen molar-refractivity contribution in [3.8, 4) is 0 Å². The molecule has 0 aliphatic carbocycles. The van der Waals surface area contributed by atoms with Gasteiger partial charge >= 0.3 is 0 Å². The van der Waals surface area contributed by atoms with Crippen LogP contribution < -0.4 is 5.32 Å². The highest BCUT2D eigenvalue weighted by molar-refractivity contribution is 7.11. The maximum absolute atomic E-state index is 12.5. The molecule has 1 aliphatic rings. The molecule has 1 aliphatic heterocycles. The number of hydrogen-bond acceptors (Lipinski definition) is 4. The quantitative estimate of drug-likeness (QED) is 0.943. The van der Waals surface area contributed by atoms with Crippen LogP contribution in [0.25, 0.3) is 0 Å². The van der Waals surface area contributed by atoms with Crippen molar-refractivity contribution in [2.75, 3.05) is 18.9 Å². The third-order valence-corrected chi connectivity index (χ3v) is 5.12. The zero-order valence-electron chi connectivity index (χ0n) is 13.0. The topological polar surface area (TPSA) is 45.2 Å². The third-order valence-electron chi connectivity index (χ3n) is 4.14. The van der Waals surface area contributed by atoms with Gasteiger partial charge in [0.15, 0.2) is 0 Å². The minimum Gasteiger partial charge on any atom is -0.324 e. The summed E-state index contributed by atoms with van der Waals surface area (Å²) in [5.41, 5.74) is 2.18. The van der Waals surface area contributed by atoms with E-state index in [1.807, 2.05) is 31.4 Å². The molecule has 1 N–H and O–H groups in total. The lowest BCUT2D eigenvalue weighted by Crippen LogP contribution is -2.42. The molecule has 0 radical (unpaired) electrons. The molecule has 0 saturated carbocycles. The second kappa shape index (κ2) is 6.58. The van der Waals surface area contributed by atoms with E-state index in [2.05, 4.69) is 28.2 Å². The summed E-state index contributed by atoms with van der Waals surface area (Å²) < 4.78 is 0. The number of benzene rings is 1. The van der Waals surface area contributed by atoms with E-state index in [4.69, 9.17) is 0 Å². The van der Waals surface area contributed by atoms with Crippen molar-refractivity contribution in [3.63, 3.8) is 0 Å². The number of rotatable bonds is 4. The first-order valence-electron chi connectivity index (χ1n) is 7.64. The third kappa shape index (κ3) is 3.36. The molecule has 1 amide bonds. The van der Waals surface area contributed by atoms with Gasteiger partial charge in [0.25, 0.3) is 0 Å². The smallest absolute Gasteiger partial charge is 0.241 e. The monoisotopic (exact) mass is 315 g/mol. The van der Waals surface area contributed by atoms with Crippen molar-refractivity contribution >= 4 is 22.9 Å². The van der Waals surface area contributed by atoms with Gasteiger partial charge in [0.2, 0.25) is 5.91 Å². The van der Waals surface area contributed by atoms with E-state index in [0.717, 1.165) is 36.5 Å². The molecule has 3 rings (SSSR count). The molecular weight excluding hydrogens is 294 g/mol. The number of nitrogens with one attached hydrogen (secondary N) is 1. The summed E-state index contributed by atoms with van der Waals surface area (Å²) >= 11 is 1.73. The Balaban J connectivity index is 1.63. The zero-order valence-corrected chi connectivity index (χ0v) is 13.8. The summed E-state index contributed by atoms with van der Waals surface area (Å²) in [7, 11) is 2.03. The van der Waals surface area contributed by atoms with Crippen LogP contribution in [0.3, 0.4) is 0 Å². The number of aryl methyl sites for hydroxylation is 2. The predicted molar refractivity (Wildman–Crippen MR) is 90.4 cm³/mol. The van der Waals surface area contributed by atoms with E-state index >= 15 is 0 Å².